The molecular formula is C20H22N2O4. The van der Waals surface area contributed by atoms with Gasteiger partial charge in [-0.25, -0.2) is 0 Å². The SMILES string of the molecule is CC(=O)Nc1ccc(NC(=O)[C@H](C)OC(=O)Cc2ccc(C)cc2)cc1. The Balaban J connectivity index is 1.85. The summed E-state index contributed by atoms with van der Waals surface area (Å²) < 4.78 is 5.19. The van der Waals surface area contributed by atoms with Crippen LogP contribution in [0.3, 0.4) is 0 Å². The van der Waals surface area contributed by atoms with Crippen molar-refractivity contribution in [2.45, 2.75) is 33.3 Å². The van der Waals surface area contributed by atoms with Crippen molar-refractivity contribution in [1.82, 2.24) is 0 Å². The average molecular weight is 354 g/mol. The van der Waals surface area contributed by atoms with Crippen molar-refractivity contribution in [3.63, 3.8) is 0 Å². The summed E-state index contributed by atoms with van der Waals surface area (Å²) in [5.41, 5.74) is 3.12. The van der Waals surface area contributed by atoms with Crippen LogP contribution in [0.4, 0.5) is 11.4 Å². The van der Waals surface area contributed by atoms with Gasteiger partial charge in [-0.2, -0.15) is 0 Å². The van der Waals surface area contributed by atoms with E-state index in [9.17, 15) is 14.4 Å². The summed E-state index contributed by atoms with van der Waals surface area (Å²) >= 11 is 0. The zero-order valence-electron chi connectivity index (χ0n) is 15.0. The van der Waals surface area contributed by atoms with Gasteiger partial charge in [0.25, 0.3) is 5.91 Å². The Morgan fingerprint density at radius 2 is 1.46 bits per heavy atom. The quantitative estimate of drug-likeness (QED) is 0.781. The van der Waals surface area contributed by atoms with E-state index in [2.05, 4.69) is 10.6 Å². The monoisotopic (exact) mass is 354 g/mol. The van der Waals surface area contributed by atoms with E-state index in [1.807, 2.05) is 31.2 Å². The summed E-state index contributed by atoms with van der Waals surface area (Å²) in [5, 5.41) is 5.31. The van der Waals surface area contributed by atoms with Crippen LogP contribution in [0.15, 0.2) is 48.5 Å². The van der Waals surface area contributed by atoms with E-state index in [-0.39, 0.29) is 12.3 Å². The van der Waals surface area contributed by atoms with E-state index in [1.54, 1.807) is 24.3 Å². The number of anilines is 2. The van der Waals surface area contributed by atoms with Gasteiger partial charge in [0, 0.05) is 18.3 Å². The lowest BCUT2D eigenvalue weighted by Crippen LogP contribution is -2.30. The molecule has 0 radical (unpaired) electrons. The smallest absolute Gasteiger partial charge is 0.311 e. The van der Waals surface area contributed by atoms with Crippen LogP contribution in [-0.2, 0) is 25.5 Å². The summed E-state index contributed by atoms with van der Waals surface area (Å²) in [7, 11) is 0. The van der Waals surface area contributed by atoms with Crippen LogP contribution >= 0.6 is 0 Å². The highest BCUT2D eigenvalue weighted by atomic mass is 16.5. The van der Waals surface area contributed by atoms with Crippen LogP contribution in [-0.4, -0.2) is 23.9 Å². The molecule has 0 saturated carbocycles. The third-order valence-corrected chi connectivity index (χ3v) is 3.62. The van der Waals surface area contributed by atoms with Crippen LogP contribution in [0.1, 0.15) is 25.0 Å². The predicted octanol–water partition coefficient (Wildman–Crippen LogP) is 3.07. The number of hydrogen-bond donors (Lipinski definition) is 2. The minimum atomic E-state index is -0.914. The average Bonchev–Trinajstić information content (AvgIpc) is 2.58. The van der Waals surface area contributed by atoms with E-state index in [0.717, 1.165) is 11.1 Å². The molecule has 0 bridgehead atoms. The van der Waals surface area contributed by atoms with Crippen molar-refractivity contribution in [2.24, 2.45) is 0 Å². The molecule has 0 unspecified atom stereocenters. The van der Waals surface area contributed by atoms with E-state index in [1.165, 1.54) is 13.8 Å². The standard InChI is InChI=1S/C20H22N2O4/c1-13-4-6-16(7-5-13)12-19(24)26-14(2)20(25)22-18-10-8-17(9-11-18)21-15(3)23/h4-11,14H,12H2,1-3H3,(H,21,23)(H,22,25)/t14-/m0/s1. The summed E-state index contributed by atoms with van der Waals surface area (Å²) in [5.74, 6) is -1.05. The van der Waals surface area contributed by atoms with Gasteiger partial charge < -0.3 is 15.4 Å². The number of rotatable bonds is 6. The van der Waals surface area contributed by atoms with E-state index in [4.69, 9.17) is 4.74 Å². The first-order chi connectivity index (χ1) is 12.3. The predicted molar refractivity (Wildman–Crippen MR) is 99.8 cm³/mol. The summed E-state index contributed by atoms with van der Waals surface area (Å²) in [6.45, 7) is 4.91. The molecule has 0 aromatic heterocycles. The van der Waals surface area contributed by atoms with Crippen molar-refractivity contribution >= 4 is 29.2 Å². The first-order valence-corrected chi connectivity index (χ1v) is 8.27. The van der Waals surface area contributed by atoms with Crippen molar-refractivity contribution in [3.05, 3.63) is 59.7 Å². The van der Waals surface area contributed by atoms with Crippen LogP contribution in [0.25, 0.3) is 0 Å². The highest BCUT2D eigenvalue weighted by Gasteiger charge is 2.18. The molecule has 6 nitrogen and oxygen atoms in total. The molecule has 0 saturated heterocycles. The lowest BCUT2D eigenvalue weighted by atomic mass is 10.1. The molecule has 0 aliphatic carbocycles. The van der Waals surface area contributed by atoms with Gasteiger partial charge in [-0.1, -0.05) is 29.8 Å². The molecule has 136 valence electrons. The number of carbonyl (C=O) groups excluding carboxylic acids is 3. The number of amides is 2. The second-order valence-electron chi connectivity index (χ2n) is 6.04. The van der Waals surface area contributed by atoms with Gasteiger partial charge in [0.15, 0.2) is 6.10 Å². The van der Waals surface area contributed by atoms with E-state index < -0.39 is 18.0 Å². The zero-order chi connectivity index (χ0) is 19.1. The Morgan fingerprint density at radius 1 is 0.923 bits per heavy atom. The topological polar surface area (TPSA) is 84.5 Å². The fourth-order valence-electron chi connectivity index (χ4n) is 2.25. The second kappa shape index (κ2) is 8.80. The second-order valence-corrected chi connectivity index (χ2v) is 6.04. The van der Waals surface area contributed by atoms with Gasteiger partial charge in [0.05, 0.1) is 6.42 Å². The van der Waals surface area contributed by atoms with E-state index >= 15 is 0 Å². The normalized spacial score (nSPS) is 11.3. The molecule has 0 fully saturated rings. The maximum absolute atomic E-state index is 12.1. The molecule has 2 amide bonds. The van der Waals surface area contributed by atoms with Gasteiger partial charge >= 0.3 is 5.97 Å². The summed E-state index contributed by atoms with van der Waals surface area (Å²) in [4.78, 5) is 35.1. The molecule has 2 rings (SSSR count). The number of hydrogen-bond acceptors (Lipinski definition) is 4. The summed E-state index contributed by atoms with van der Waals surface area (Å²) in [6, 6.07) is 14.2. The number of aryl methyl sites for hydroxylation is 1. The highest BCUT2D eigenvalue weighted by molar-refractivity contribution is 5.95. The maximum Gasteiger partial charge on any atom is 0.311 e. The molecule has 0 aliphatic heterocycles. The molecule has 2 aromatic rings. The first-order valence-electron chi connectivity index (χ1n) is 8.27. The van der Waals surface area contributed by atoms with Crippen LogP contribution in [0.2, 0.25) is 0 Å². The first kappa shape index (κ1) is 19.2. The Morgan fingerprint density at radius 3 is 2.00 bits per heavy atom. The highest BCUT2D eigenvalue weighted by Crippen LogP contribution is 2.14. The molecule has 2 N–H and O–H groups in total. The summed E-state index contributed by atoms with van der Waals surface area (Å²) in [6.07, 6.45) is -0.800. The van der Waals surface area contributed by atoms with E-state index in [0.29, 0.717) is 11.4 Å². The van der Waals surface area contributed by atoms with Crippen LogP contribution in [0, 0.1) is 6.92 Å². The Kier molecular flexibility index (Phi) is 6.49. The van der Waals surface area contributed by atoms with Gasteiger partial charge in [-0.05, 0) is 43.7 Å². The fourth-order valence-corrected chi connectivity index (χ4v) is 2.25. The zero-order valence-corrected chi connectivity index (χ0v) is 15.0. The third kappa shape index (κ3) is 6.05. The minimum Gasteiger partial charge on any atom is -0.452 e. The number of nitrogens with one attached hydrogen (secondary N) is 2. The largest absolute Gasteiger partial charge is 0.452 e. The number of ether oxygens (including phenoxy) is 1. The van der Waals surface area contributed by atoms with Crippen LogP contribution < -0.4 is 10.6 Å². The van der Waals surface area contributed by atoms with Crippen molar-refractivity contribution in [3.8, 4) is 0 Å². The molecule has 0 heterocycles. The number of benzene rings is 2. The Hall–Kier alpha value is -3.15. The van der Waals surface area contributed by atoms with Gasteiger partial charge in [-0.3, -0.25) is 14.4 Å². The Bertz CT molecular complexity index is 782. The molecular weight excluding hydrogens is 332 g/mol. The van der Waals surface area contributed by atoms with Crippen LogP contribution in [0.5, 0.6) is 0 Å². The fraction of sp³-hybridized carbons (Fsp3) is 0.250. The Labute approximate surface area is 152 Å². The van der Waals surface area contributed by atoms with Gasteiger partial charge in [0.2, 0.25) is 5.91 Å². The maximum atomic E-state index is 12.1. The number of carbonyl (C=O) groups is 3. The molecule has 0 aliphatic rings. The number of esters is 1. The third-order valence-electron chi connectivity index (χ3n) is 3.62. The lowest BCUT2D eigenvalue weighted by molar-refractivity contribution is -0.152. The van der Waals surface area contributed by atoms with Crippen molar-refractivity contribution in [2.75, 3.05) is 10.6 Å². The molecule has 1 atom stereocenters. The van der Waals surface area contributed by atoms with Crippen molar-refractivity contribution < 1.29 is 19.1 Å². The van der Waals surface area contributed by atoms with Gasteiger partial charge in [-0.15, -0.1) is 0 Å². The molecule has 2 aromatic carbocycles. The molecule has 6 heteroatoms. The molecule has 26 heavy (non-hydrogen) atoms. The molecule has 0 spiro atoms. The van der Waals surface area contributed by atoms with Gasteiger partial charge in [0.1, 0.15) is 0 Å². The van der Waals surface area contributed by atoms with Crippen molar-refractivity contribution in [1.29, 1.82) is 0 Å². The lowest BCUT2D eigenvalue weighted by Gasteiger charge is -2.14. The minimum absolute atomic E-state index is 0.114.